The first kappa shape index (κ1) is 18.3. The molecule has 0 fully saturated rings. The summed E-state index contributed by atoms with van der Waals surface area (Å²) in [6.45, 7) is 2.00. The quantitative estimate of drug-likeness (QED) is 0.617. The maximum absolute atomic E-state index is 13.3. The van der Waals surface area contributed by atoms with Gasteiger partial charge in [0.1, 0.15) is 11.9 Å². The highest BCUT2D eigenvalue weighted by atomic mass is 19.1. The van der Waals surface area contributed by atoms with Gasteiger partial charge in [-0.1, -0.05) is 42.5 Å². The van der Waals surface area contributed by atoms with Crippen molar-refractivity contribution in [3.05, 3.63) is 89.5 Å². The van der Waals surface area contributed by atoms with E-state index in [1.807, 2.05) is 49.1 Å². The molecule has 0 spiro atoms. The van der Waals surface area contributed by atoms with Crippen molar-refractivity contribution in [1.82, 2.24) is 14.7 Å². The third-order valence-electron chi connectivity index (χ3n) is 4.33. The third-order valence-corrected chi connectivity index (χ3v) is 4.33. The molecule has 0 amide bonds. The summed E-state index contributed by atoms with van der Waals surface area (Å²) in [6, 6.07) is 18.8. The maximum Gasteiger partial charge on any atom is 0.124 e. The van der Waals surface area contributed by atoms with E-state index >= 15 is 0 Å². The van der Waals surface area contributed by atoms with E-state index in [4.69, 9.17) is 4.74 Å². The number of nitrogens with zero attached hydrogens (tertiary/aromatic N) is 3. The van der Waals surface area contributed by atoms with Gasteiger partial charge in [-0.15, -0.1) is 0 Å². The highest BCUT2D eigenvalue weighted by molar-refractivity contribution is 5.25. The van der Waals surface area contributed by atoms with Crippen molar-refractivity contribution >= 4 is 0 Å². The number of hydrogen-bond donors (Lipinski definition) is 0. The minimum atomic E-state index is -0.201. The van der Waals surface area contributed by atoms with Gasteiger partial charge in [0, 0.05) is 26.3 Å². The SMILES string of the molecule is CN(CCO[C@@H](c1ccccc1)c1ccnn1C)Cc1cccc(F)c1. The largest absolute Gasteiger partial charge is 0.366 e. The summed E-state index contributed by atoms with van der Waals surface area (Å²) in [4.78, 5) is 2.13. The molecule has 1 heterocycles. The number of ether oxygens (including phenoxy) is 1. The fourth-order valence-corrected chi connectivity index (χ4v) is 2.97. The van der Waals surface area contributed by atoms with E-state index in [-0.39, 0.29) is 11.9 Å². The number of halogens is 1. The Morgan fingerprint density at radius 3 is 2.62 bits per heavy atom. The average molecular weight is 353 g/mol. The zero-order valence-electron chi connectivity index (χ0n) is 15.2. The molecule has 3 aromatic rings. The summed E-state index contributed by atoms with van der Waals surface area (Å²) in [5.74, 6) is -0.201. The molecule has 0 saturated carbocycles. The number of benzene rings is 2. The van der Waals surface area contributed by atoms with Gasteiger partial charge in [-0.05, 0) is 36.4 Å². The molecule has 4 nitrogen and oxygen atoms in total. The van der Waals surface area contributed by atoms with Crippen LogP contribution in [0.15, 0.2) is 66.9 Å². The molecule has 0 saturated heterocycles. The van der Waals surface area contributed by atoms with Crippen LogP contribution in [0.1, 0.15) is 22.9 Å². The average Bonchev–Trinajstić information content (AvgIpc) is 3.05. The van der Waals surface area contributed by atoms with Crippen molar-refractivity contribution in [3.8, 4) is 0 Å². The molecule has 1 aromatic heterocycles. The van der Waals surface area contributed by atoms with Crippen LogP contribution in [-0.2, 0) is 18.3 Å². The molecule has 26 heavy (non-hydrogen) atoms. The number of likely N-dealkylation sites (N-methyl/N-ethyl adjacent to an activating group) is 1. The summed E-state index contributed by atoms with van der Waals surface area (Å²) in [7, 11) is 3.93. The first-order chi connectivity index (χ1) is 12.6. The Morgan fingerprint density at radius 1 is 1.12 bits per heavy atom. The van der Waals surface area contributed by atoms with Crippen molar-refractivity contribution in [1.29, 1.82) is 0 Å². The van der Waals surface area contributed by atoms with E-state index in [9.17, 15) is 4.39 Å². The van der Waals surface area contributed by atoms with Crippen LogP contribution in [0.3, 0.4) is 0 Å². The van der Waals surface area contributed by atoms with E-state index in [1.54, 1.807) is 18.3 Å². The molecule has 0 radical (unpaired) electrons. The molecule has 3 rings (SSSR count). The topological polar surface area (TPSA) is 30.3 Å². The second kappa shape index (κ2) is 8.74. The highest BCUT2D eigenvalue weighted by Crippen LogP contribution is 2.25. The lowest BCUT2D eigenvalue weighted by atomic mass is 10.1. The lowest BCUT2D eigenvalue weighted by molar-refractivity contribution is 0.0589. The van der Waals surface area contributed by atoms with Gasteiger partial charge in [-0.2, -0.15) is 5.10 Å². The van der Waals surface area contributed by atoms with Gasteiger partial charge < -0.3 is 4.74 Å². The van der Waals surface area contributed by atoms with Crippen LogP contribution in [0, 0.1) is 5.82 Å². The molecule has 0 unspecified atom stereocenters. The fourth-order valence-electron chi connectivity index (χ4n) is 2.97. The lowest BCUT2D eigenvalue weighted by Gasteiger charge is -2.22. The van der Waals surface area contributed by atoms with Crippen LogP contribution in [0.5, 0.6) is 0 Å². The minimum absolute atomic E-state index is 0.161. The summed E-state index contributed by atoms with van der Waals surface area (Å²) in [6.07, 6.45) is 1.62. The molecule has 0 aliphatic carbocycles. The molecule has 136 valence electrons. The zero-order chi connectivity index (χ0) is 18.4. The third kappa shape index (κ3) is 4.77. The molecule has 1 atom stereocenters. The number of aromatic nitrogens is 2. The normalized spacial score (nSPS) is 12.5. The molecule has 0 aliphatic heterocycles. The van der Waals surface area contributed by atoms with Crippen molar-refractivity contribution in [3.63, 3.8) is 0 Å². The van der Waals surface area contributed by atoms with Crippen LogP contribution in [-0.4, -0.2) is 34.9 Å². The van der Waals surface area contributed by atoms with E-state index in [2.05, 4.69) is 22.1 Å². The summed E-state index contributed by atoms with van der Waals surface area (Å²) >= 11 is 0. The molecule has 0 bridgehead atoms. The Balaban J connectivity index is 1.61. The predicted octanol–water partition coefficient (Wildman–Crippen LogP) is 3.80. The van der Waals surface area contributed by atoms with Gasteiger partial charge in [0.15, 0.2) is 0 Å². The first-order valence-electron chi connectivity index (χ1n) is 8.71. The smallest absolute Gasteiger partial charge is 0.124 e. The minimum Gasteiger partial charge on any atom is -0.366 e. The Morgan fingerprint density at radius 2 is 1.92 bits per heavy atom. The van der Waals surface area contributed by atoms with Crippen LogP contribution < -0.4 is 0 Å². The van der Waals surface area contributed by atoms with Gasteiger partial charge in [0.2, 0.25) is 0 Å². The van der Waals surface area contributed by atoms with Gasteiger partial charge in [-0.3, -0.25) is 9.58 Å². The second-order valence-corrected chi connectivity index (χ2v) is 6.41. The predicted molar refractivity (Wildman–Crippen MR) is 100 cm³/mol. The van der Waals surface area contributed by atoms with Gasteiger partial charge in [-0.25, -0.2) is 4.39 Å². The summed E-state index contributed by atoms with van der Waals surface area (Å²) in [5, 5.41) is 4.26. The Hall–Kier alpha value is -2.50. The Kier molecular flexibility index (Phi) is 6.15. The maximum atomic E-state index is 13.3. The zero-order valence-corrected chi connectivity index (χ0v) is 15.2. The van der Waals surface area contributed by atoms with Crippen LogP contribution in [0.4, 0.5) is 4.39 Å². The van der Waals surface area contributed by atoms with E-state index in [1.165, 1.54) is 6.07 Å². The molecule has 0 aliphatic rings. The molecular formula is C21H24FN3O. The first-order valence-corrected chi connectivity index (χ1v) is 8.71. The van der Waals surface area contributed by atoms with Crippen LogP contribution in [0.25, 0.3) is 0 Å². The van der Waals surface area contributed by atoms with Gasteiger partial charge in [0.05, 0.1) is 12.3 Å². The molecule has 5 heteroatoms. The molecular weight excluding hydrogens is 329 g/mol. The fraction of sp³-hybridized carbons (Fsp3) is 0.286. The van der Waals surface area contributed by atoms with Gasteiger partial charge >= 0.3 is 0 Å². The Bertz CT molecular complexity index is 819. The van der Waals surface area contributed by atoms with E-state index < -0.39 is 0 Å². The number of hydrogen-bond acceptors (Lipinski definition) is 3. The van der Waals surface area contributed by atoms with Crippen molar-refractivity contribution < 1.29 is 9.13 Å². The monoisotopic (exact) mass is 353 g/mol. The van der Waals surface area contributed by atoms with Crippen LogP contribution in [0.2, 0.25) is 0 Å². The molecule has 0 N–H and O–H groups in total. The summed E-state index contributed by atoms with van der Waals surface area (Å²) in [5.41, 5.74) is 3.08. The summed E-state index contributed by atoms with van der Waals surface area (Å²) < 4.78 is 21.4. The lowest BCUT2D eigenvalue weighted by Crippen LogP contribution is -2.24. The second-order valence-electron chi connectivity index (χ2n) is 6.41. The standard InChI is InChI=1S/C21H24FN3O/c1-24(16-17-7-6-10-19(22)15-17)13-14-26-21(18-8-4-3-5-9-18)20-11-12-23-25(20)2/h3-12,15,21H,13-14,16H2,1-2H3/t21-/m0/s1. The van der Waals surface area contributed by atoms with Crippen molar-refractivity contribution in [2.24, 2.45) is 7.05 Å². The van der Waals surface area contributed by atoms with E-state index in [0.717, 1.165) is 23.4 Å². The number of rotatable bonds is 8. The number of aryl methyl sites for hydroxylation is 1. The van der Waals surface area contributed by atoms with Crippen LogP contribution >= 0.6 is 0 Å². The molecule has 2 aromatic carbocycles. The van der Waals surface area contributed by atoms with Gasteiger partial charge in [0.25, 0.3) is 0 Å². The van der Waals surface area contributed by atoms with Crippen molar-refractivity contribution in [2.45, 2.75) is 12.6 Å². The highest BCUT2D eigenvalue weighted by Gasteiger charge is 2.18. The van der Waals surface area contributed by atoms with E-state index in [0.29, 0.717) is 13.2 Å². The Labute approximate surface area is 153 Å². The van der Waals surface area contributed by atoms with Crippen molar-refractivity contribution in [2.75, 3.05) is 20.2 Å².